The molecule has 4 aliphatic rings. The smallest absolute Gasteiger partial charge is 0.253 e. The van der Waals surface area contributed by atoms with E-state index in [0.29, 0.717) is 20.8 Å². The normalized spacial score (nSPS) is 32.6. The number of benzene rings is 2. The lowest BCUT2D eigenvalue weighted by Gasteiger charge is -2.50. The quantitative estimate of drug-likeness (QED) is 0.267. The van der Waals surface area contributed by atoms with Crippen LogP contribution < -0.4 is 9.64 Å². The number of rotatable bonds is 3. The summed E-state index contributed by atoms with van der Waals surface area (Å²) in [5.41, 5.74) is 1.93. The van der Waals surface area contributed by atoms with Gasteiger partial charge in [0.25, 0.3) is 11.8 Å². The van der Waals surface area contributed by atoms with Crippen LogP contribution in [0.1, 0.15) is 29.9 Å². The Labute approximate surface area is 259 Å². The monoisotopic (exact) mass is 680 g/mol. The number of halogens is 4. The number of carbonyl (C=O) groups excluding carboxylic acids is 4. The molecule has 0 spiro atoms. The number of imide groups is 2. The summed E-state index contributed by atoms with van der Waals surface area (Å²) in [7, 11) is 2.69. The molecular formula is C29H24BrCl3N2O6. The molecule has 1 saturated carbocycles. The summed E-state index contributed by atoms with van der Waals surface area (Å²) in [6.07, 6.45) is 1.85. The Morgan fingerprint density at radius 2 is 1.76 bits per heavy atom. The van der Waals surface area contributed by atoms with Crippen molar-refractivity contribution in [3.05, 3.63) is 62.6 Å². The minimum absolute atomic E-state index is 0.117. The van der Waals surface area contributed by atoms with Crippen LogP contribution in [0.4, 0.5) is 5.69 Å². The van der Waals surface area contributed by atoms with Crippen LogP contribution in [-0.2, 0) is 19.2 Å². The number of fused-ring (bicyclic) bond motifs is 4. The number of aromatic hydroxyl groups is 1. The Hall–Kier alpha value is -2.59. The van der Waals surface area contributed by atoms with E-state index >= 15 is 0 Å². The molecule has 2 heterocycles. The van der Waals surface area contributed by atoms with Crippen LogP contribution in [-0.4, -0.2) is 57.5 Å². The number of ether oxygens (including phenoxy) is 1. The van der Waals surface area contributed by atoms with Gasteiger partial charge < -0.3 is 9.84 Å². The third-order valence-corrected chi connectivity index (χ3v) is 11.3. The first-order valence-electron chi connectivity index (χ1n) is 12.9. The number of likely N-dealkylation sites (tertiary alicyclic amines) is 1. The van der Waals surface area contributed by atoms with Crippen LogP contribution in [0.3, 0.4) is 0 Å². The van der Waals surface area contributed by atoms with Crippen molar-refractivity contribution in [1.82, 2.24) is 4.90 Å². The molecule has 0 radical (unpaired) electrons. The molecule has 41 heavy (non-hydrogen) atoms. The molecule has 4 amide bonds. The topological polar surface area (TPSA) is 104 Å². The number of anilines is 1. The van der Waals surface area contributed by atoms with Crippen molar-refractivity contribution in [3.63, 3.8) is 0 Å². The van der Waals surface area contributed by atoms with Crippen molar-refractivity contribution in [2.24, 2.45) is 17.8 Å². The summed E-state index contributed by atoms with van der Waals surface area (Å²) in [6, 6.07) is 8.13. The van der Waals surface area contributed by atoms with Crippen LogP contribution in [0.25, 0.3) is 0 Å². The first-order chi connectivity index (χ1) is 19.3. The fourth-order valence-electron chi connectivity index (χ4n) is 7.03. The van der Waals surface area contributed by atoms with Gasteiger partial charge in [-0.1, -0.05) is 45.2 Å². The minimum Gasteiger partial charge on any atom is -0.504 e. The molecule has 6 rings (SSSR count). The van der Waals surface area contributed by atoms with Gasteiger partial charge >= 0.3 is 0 Å². The molecule has 2 aromatic carbocycles. The molecule has 2 aromatic rings. The van der Waals surface area contributed by atoms with Gasteiger partial charge in [-0.05, 0) is 55.5 Å². The number of aryl methyl sites for hydroxylation is 1. The van der Waals surface area contributed by atoms with Crippen molar-refractivity contribution in [3.8, 4) is 11.5 Å². The predicted octanol–water partition coefficient (Wildman–Crippen LogP) is 5.32. The van der Waals surface area contributed by atoms with E-state index in [4.69, 9.17) is 39.5 Å². The van der Waals surface area contributed by atoms with E-state index in [0.717, 1.165) is 15.4 Å². The molecule has 214 valence electrons. The molecule has 8 nitrogen and oxygen atoms in total. The third-order valence-electron chi connectivity index (χ3n) is 9.03. The van der Waals surface area contributed by atoms with Gasteiger partial charge in [0.05, 0.1) is 24.6 Å². The highest BCUT2D eigenvalue weighted by molar-refractivity contribution is 9.10. The Kier molecular flexibility index (Phi) is 6.58. The molecule has 2 aliphatic heterocycles. The zero-order chi connectivity index (χ0) is 29.8. The number of carbonyl (C=O) groups is 4. The van der Waals surface area contributed by atoms with Crippen molar-refractivity contribution < 1.29 is 29.0 Å². The number of nitrogens with zero attached hydrogens (tertiary/aromatic N) is 2. The molecule has 3 fully saturated rings. The molecule has 12 heteroatoms. The van der Waals surface area contributed by atoms with Gasteiger partial charge in [-0.3, -0.25) is 24.1 Å². The number of amides is 4. The van der Waals surface area contributed by atoms with E-state index in [-0.39, 0.29) is 35.8 Å². The number of phenolic OH excluding ortho intramolecular Hbond substituents is 1. The maximum atomic E-state index is 14.1. The van der Waals surface area contributed by atoms with Gasteiger partial charge in [0.15, 0.2) is 21.2 Å². The van der Waals surface area contributed by atoms with Crippen LogP contribution in [0, 0.1) is 24.7 Å². The Balaban J connectivity index is 1.54. The Morgan fingerprint density at radius 3 is 2.41 bits per heavy atom. The Bertz CT molecular complexity index is 1610. The average molecular weight is 683 g/mol. The SMILES string of the molecule is COc1cc(Br)cc([C@H]2C3=CC[C@@H]4C(=O)N(c5ccc(C)c(Cl)c5)C(=O)[C@@H]4[C@@H]3C[C@@]3(Cl)C(=O)N(C)C(=O)[C@@]23Cl)c1O. The van der Waals surface area contributed by atoms with Gasteiger partial charge in [0.1, 0.15) is 0 Å². The van der Waals surface area contributed by atoms with Gasteiger partial charge in [0.2, 0.25) is 11.8 Å². The van der Waals surface area contributed by atoms with Crippen LogP contribution in [0.15, 0.2) is 46.5 Å². The van der Waals surface area contributed by atoms with Crippen LogP contribution >= 0.6 is 50.7 Å². The van der Waals surface area contributed by atoms with Gasteiger partial charge in [-0.15, -0.1) is 23.2 Å². The summed E-state index contributed by atoms with van der Waals surface area (Å²) in [4.78, 5) is 53.1. The van der Waals surface area contributed by atoms with E-state index in [1.54, 1.807) is 36.4 Å². The summed E-state index contributed by atoms with van der Waals surface area (Å²) < 4.78 is 5.89. The second-order valence-electron chi connectivity index (χ2n) is 11.0. The van der Waals surface area contributed by atoms with Crippen molar-refractivity contribution in [1.29, 1.82) is 0 Å². The third kappa shape index (κ3) is 3.65. The standard InChI is InChI=1S/C29H24BrCl3N2O6/c1-12-4-5-14(10-19(12)31)35-24(37)16-7-6-15-18(21(16)25(35)38)11-28(32)26(39)34(2)27(40)29(28,33)22(15)17-8-13(30)9-20(41-3)23(17)36/h4-6,8-10,16,18,21-22,36H,7,11H2,1-3H3/t16-,18+,21-,22+,28+,29-/m0/s1. The van der Waals surface area contributed by atoms with Crippen molar-refractivity contribution in [2.45, 2.75) is 35.4 Å². The zero-order valence-corrected chi connectivity index (χ0v) is 25.9. The lowest BCUT2D eigenvalue weighted by molar-refractivity contribution is -0.138. The van der Waals surface area contributed by atoms with Gasteiger partial charge in [0, 0.05) is 28.0 Å². The number of allylic oxidation sites excluding steroid dienone is 2. The predicted molar refractivity (Wildman–Crippen MR) is 157 cm³/mol. The highest BCUT2D eigenvalue weighted by atomic mass is 79.9. The summed E-state index contributed by atoms with van der Waals surface area (Å²) in [6.45, 7) is 1.82. The minimum atomic E-state index is -2.02. The van der Waals surface area contributed by atoms with E-state index < -0.39 is 51.1 Å². The van der Waals surface area contributed by atoms with E-state index in [9.17, 15) is 24.3 Å². The molecule has 0 unspecified atom stereocenters. The van der Waals surface area contributed by atoms with Gasteiger partial charge in [-0.2, -0.15) is 0 Å². The number of hydrogen-bond acceptors (Lipinski definition) is 6. The maximum Gasteiger partial charge on any atom is 0.253 e. The summed E-state index contributed by atoms with van der Waals surface area (Å²) in [5.74, 6) is -5.82. The first kappa shape index (κ1) is 28.5. The van der Waals surface area contributed by atoms with E-state index in [1.807, 2.05) is 6.92 Å². The largest absolute Gasteiger partial charge is 0.504 e. The van der Waals surface area contributed by atoms with Crippen molar-refractivity contribution in [2.75, 3.05) is 19.1 Å². The molecule has 1 N–H and O–H groups in total. The van der Waals surface area contributed by atoms with E-state index in [2.05, 4.69) is 15.9 Å². The summed E-state index contributed by atoms with van der Waals surface area (Å²) in [5, 5.41) is 11.7. The van der Waals surface area contributed by atoms with Gasteiger partial charge in [-0.25, -0.2) is 4.90 Å². The number of methoxy groups -OCH3 is 1. The highest BCUT2D eigenvalue weighted by Crippen LogP contribution is 2.66. The lowest BCUT2D eigenvalue weighted by Crippen LogP contribution is -2.60. The van der Waals surface area contributed by atoms with Crippen LogP contribution in [0.2, 0.25) is 5.02 Å². The fourth-order valence-corrected chi connectivity index (χ4v) is 8.68. The number of phenols is 1. The van der Waals surface area contributed by atoms with Crippen LogP contribution in [0.5, 0.6) is 11.5 Å². The molecule has 0 aromatic heterocycles. The van der Waals surface area contributed by atoms with Crippen molar-refractivity contribution >= 4 is 80.0 Å². The second kappa shape index (κ2) is 9.46. The maximum absolute atomic E-state index is 14.1. The number of hydrogen-bond donors (Lipinski definition) is 1. The van der Waals surface area contributed by atoms with E-state index in [1.165, 1.54) is 14.2 Å². The second-order valence-corrected chi connectivity index (χ2v) is 13.6. The summed E-state index contributed by atoms with van der Waals surface area (Å²) >= 11 is 24.1. The Morgan fingerprint density at radius 1 is 1.05 bits per heavy atom. The zero-order valence-electron chi connectivity index (χ0n) is 22.1. The molecule has 2 aliphatic carbocycles. The molecular weight excluding hydrogens is 659 g/mol. The molecule has 6 atom stereocenters. The average Bonchev–Trinajstić information content (AvgIpc) is 3.26. The fraction of sp³-hybridized carbons (Fsp3) is 0.379. The first-order valence-corrected chi connectivity index (χ1v) is 14.8. The lowest BCUT2D eigenvalue weighted by atomic mass is 9.56. The molecule has 0 bridgehead atoms. The molecule has 2 saturated heterocycles. The highest BCUT2D eigenvalue weighted by Gasteiger charge is 2.76. The number of alkyl halides is 2.